The van der Waals surface area contributed by atoms with Gasteiger partial charge < -0.3 is 43.6 Å². The number of benzene rings is 5. The number of allylic oxidation sites excluding steroid dienone is 1. The van der Waals surface area contributed by atoms with E-state index in [0.717, 1.165) is 84.0 Å². The lowest BCUT2D eigenvalue weighted by molar-refractivity contribution is -0.258. The Morgan fingerprint density at radius 2 is 1.48 bits per heavy atom. The average Bonchev–Trinajstić information content (AvgIpc) is 4.14. The molecular weight excluding hydrogens is 917 g/mol. The van der Waals surface area contributed by atoms with E-state index in [1.807, 2.05) is 95.9 Å². The zero-order chi connectivity index (χ0) is 50.0. The zero-order valence-corrected chi connectivity index (χ0v) is 42.0. The number of aliphatic hydroxyl groups excluding tert-OH is 2. The molecule has 10 rings (SSSR count). The Labute approximate surface area is 430 Å². The van der Waals surface area contributed by atoms with E-state index >= 15 is 4.79 Å². The van der Waals surface area contributed by atoms with E-state index in [9.17, 15) is 10.2 Å². The van der Waals surface area contributed by atoms with Crippen molar-refractivity contribution in [2.45, 2.75) is 114 Å². The molecule has 11 nitrogen and oxygen atoms in total. The Bertz CT molecular complexity index is 2700. The lowest BCUT2D eigenvalue weighted by Crippen LogP contribution is -2.70. The van der Waals surface area contributed by atoms with Gasteiger partial charge in [-0.1, -0.05) is 135 Å². The molecule has 3 aliphatic carbocycles. The van der Waals surface area contributed by atoms with E-state index in [1.54, 1.807) is 6.08 Å². The molecule has 73 heavy (non-hydrogen) atoms. The molecule has 5 aliphatic rings. The van der Waals surface area contributed by atoms with Gasteiger partial charge in [0.1, 0.15) is 29.9 Å². The summed E-state index contributed by atoms with van der Waals surface area (Å²) in [6.07, 6.45) is 15.0. The third-order valence-corrected chi connectivity index (χ3v) is 15.8. The summed E-state index contributed by atoms with van der Waals surface area (Å²) in [6.45, 7) is 5.21. The third-order valence-electron chi connectivity index (χ3n) is 15.8. The first-order chi connectivity index (χ1) is 35.9. The lowest BCUT2D eigenvalue weighted by Gasteiger charge is -2.60. The van der Waals surface area contributed by atoms with E-state index in [-0.39, 0.29) is 63.4 Å². The topological polar surface area (TPSA) is 129 Å². The van der Waals surface area contributed by atoms with Crippen LogP contribution in [-0.2, 0) is 27.5 Å². The van der Waals surface area contributed by atoms with Gasteiger partial charge in [-0.3, -0.25) is 4.79 Å². The third kappa shape index (κ3) is 11.2. The molecule has 5 aromatic carbocycles. The first-order valence-corrected chi connectivity index (χ1v) is 26.7. The van der Waals surface area contributed by atoms with E-state index in [1.165, 1.54) is 12.8 Å². The van der Waals surface area contributed by atoms with Gasteiger partial charge in [-0.25, -0.2) is 0 Å². The Hall–Kier alpha value is -6.40. The van der Waals surface area contributed by atoms with Crippen LogP contribution in [0.1, 0.15) is 106 Å². The zero-order valence-electron chi connectivity index (χ0n) is 42.0. The predicted octanol–water partition coefficient (Wildman–Crippen LogP) is 12.7. The summed E-state index contributed by atoms with van der Waals surface area (Å²) < 4.78 is 33.3. The molecule has 6 atom stereocenters. The number of carbonyl (C=O) groups is 1. The maximum absolute atomic E-state index is 15.5. The number of amides is 1. The number of unbranched alkanes of at least 4 members (excludes halogenated alkanes) is 2. The maximum atomic E-state index is 15.5. The second kappa shape index (κ2) is 23.6. The molecule has 11 heteroatoms. The van der Waals surface area contributed by atoms with Crippen LogP contribution in [0.25, 0.3) is 11.1 Å². The van der Waals surface area contributed by atoms with Crippen LogP contribution in [0.3, 0.4) is 0 Å². The van der Waals surface area contributed by atoms with Crippen LogP contribution in [0.4, 0.5) is 0 Å². The van der Waals surface area contributed by atoms with Crippen molar-refractivity contribution in [2.24, 2.45) is 28.8 Å². The number of fused-ring (bicyclic) bond motifs is 3. The SMILES string of the molecule is C=CCOC12Oc3ccc(Oc4ccc(-c5ccccc5)cc4)cc3C3C(CCCCO)C(CCCCO)C=C(C(=NOCc4ccccc4)CC1N(Cc1ccc4c(c1)OCO4)C(=O)CCC1CCCC1)C32. The molecule has 6 unspecified atom stereocenters. The summed E-state index contributed by atoms with van der Waals surface area (Å²) in [5.74, 6) is 1.97. The van der Waals surface area contributed by atoms with Gasteiger partial charge in [-0.2, -0.15) is 0 Å². The van der Waals surface area contributed by atoms with E-state index < -0.39 is 17.7 Å². The predicted molar refractivity (Wildman–Crippen MR) is 282 cm³/mol. The second-order valence-corrected chi connectivity index (χ2v) is 20.4. The van der Waals surface area contributed by atoms with Crippen LogP contribution >= 0.6 is 0 Å². The highest BCUT2D eigenvalue weighted by Gasteiger charge is 2.65. The van der Waals surface area contributed by atoms with Gasteiger partial charge >= 0.3 is 0 Å². The molecule has 382 valence electrons. The Morgan fingerprint density at radius 1 is 0.767 bits per heavy atom. The van der Waals surface area contributed by atoms with Gasteiger partial charge in [0.25, 0.3) is 0 Å². The molecule has 2 fully saturated rings. The van der Waals surface area contributed by atoms with Crippen LogP contribution in [0.5, 0.6) is 28.7 Å². The van der Waals surface area contributed by atoms with E-state index in [4.69, 9.17) is 33.7 Å². The minimum absolute atomic E-state index is 0.0262. The molecule has 0 bridgehead atoms. The Kier molecular flexibility index (Phi) is 16.2. The number of hydrogen-bond donors (Lipinski definition) is 2. The highest BCUT2D eigenvalue weighted by molar-refractivity contribution is 6.03. The molecule has 0 radical (unpaired) electrons. The maximum Gasteiger partial charge on any atom is 0.239 e. The van der Waals surface area contributed by atoms with Crippen LogP contribution in [0.2, 0.25) is 0 Å². The standard InChI is InChI=1S/C62H70N2O9/c1-2-35-70-62-58(64(59(67)32-24-43-15-9-10-16-43)40-45-23-30-56-57(36-45)69-42-68-56)39-54(63-71-41-44-17-5-3-6-18-44)52-37-48(21-11-13-33-65)51(22-12-14-34-66)60(61(52)62)53-38-50(29-31-55(53)73-62)72-49-27-25-47(26-28-49)46-19-7-4-8-20-46/h2-8,17-20,23,25-31,36-38,43,48,51,58,60-61,65-66H,1,9-16,21-22,24,32-35,39-42H2. The fraction of sp³-hybridized carbons (Fsp3) is 0.419. The molecule has 2 N–H and O–H groups in total. The van der Waals surface area contributed by atoms with Crippen molar-refractivity contribution in [1.29, 1.82) is 0 Å². The molecular formula is C62H70N2O9. The Morgan fingerprint density at radius 3 is 2.25 bits per heavy atom. The normalized spacial score (nSPS) is 23.2. The number of hydrogen-bond acceptors (Lipinski definition) is 10. The molecule has 1 amide bonds. The summed E-state index contributed by atoms with van der Waals surface area (Å²) in [4.78, 5) is 23.9. The van der Waals surface area contributed by atoms with Gasteiger partial charge in [-0.15, -0.1) is 6.58 Å². The smallest absolute Gasteiger partial charge is 0.239 e. The highest BCUT2D eigenvalue weighted by Crippen LogP contribution is 2.62. The minimum Gasteiger partial charge on any atom is -0.459 e. The fourth-order valence-corrected chi connectivity index (χ4v) is 12.3. The van der Waals surface area contributed by atoms with Gasteiger partial charge in [0.05, 0.1) is 18.2 Å². The number of oxime groups is 1. The summed E-state index contributed by atoms with van der Waals surface area (Å²) in [6, 6.07) is 39.9. The lowest BCUT2D eigenvalue weighted by atomic mass is 9.55. The second-order valence-electron chi connectivity index (χ2n) is 20.4. The van der Waals surface area contributed by atoms with Gasteiger partial charge in [0.2, 0.25) is 18.5 Å². The van der Waals surface area contributed by atoms with Crippen LogP contribution < -0.4 is 18.9 Å². The van der Waals surface area contributed by atoms with Gasteiger partial charge in [0, 0.05) is 44.1 Å². The van der Waals surface area contributed by atoms with Crippen molar-refractivity contribution in [3.05, 3.63) is 162 Å². The van der Waals surface area contributed by atoms with Crippen molar-refractivity contribution < 1.29 is 43.5 Å². The number of ether oxygens (including phenoxy) is 5. The monoisotopic (exact) mass is 987 g/mol. The molecule has 0 aromatic heterocycles. The number of rotatable bonds is 23. The summed E-state index contributed by atoms with van der Waals surface area (Å²) >= 11 is 0. The summed E-state index contributed by atoms with van der Waals surface area (Å²) in [5.41, 5.74) is 6.86. The number of nitrogens with zero attached hydrogens (tertiary/aromatic N) is 2. The fourth-order valence-electron chi connectivity index (χ4n) is 12.3. The quantitative estimate of drug-likeness (QED) is 0.0373. The van der Waals surface area contributed by atoms with Crippen LogP contribution in [0.15, 0.2) is 151 Å². The number of carbonyl (C=O) groups excluding carboxylic acids is 1. The molecule has 5 aromatic rings. The van der Waals surface area contributed by atoms with E-state index in [0.29, 0.717) is 60.3 Å². The van der Waals surface area contributed by atoms with Crippen molar-refractivity contribution >= 4 is 11.6 Å². The van der Waals surface area contributed by atoms with Gasteiger partial charge in [-0.05, 0) is 120 Å². The van der Waals surface area contributed by atoms with Crippen molar-refractivity contribution in [3.8, 4) is 39.9 Å². The van der Waals surface area contributed by atoms with Gasteiger partial charge in [0.15, 0.2) is 11.5 Å². The largest absolute Gasteiger partial charge is 0.459 e. The summed E-state index contributed by atoms with van der Waals surface area (Å²) in [5, 5.41) is 25.4. The molecule has 0 spiro atoms. The molecule has 2 aliphatic heterocycles. The van der Waals surface area contributed by atoms with Crippen molar-refractivity contribution in [2.75, 3.05) is 26.6 Å². The first-order valence-electron chi connectivity index (χ1n) is 26.7. The summed E-state index contributed by atoms with van der Waals surface area (Å²) in [7, 11) is 0. The van der Waals surface area contributed by atoms with Crippen LogP contribution in [0, 0.1) is 23.7 Å². The first kappa shape index (κ1) is 50.1. The highest BCUT2D eigenvalue weighted by atomic mass is 16.7. The minimum atomic E-state index is -1.41. The van der Waals surface area contributed by atoms with Crippen molar-refractivity contribution in [1.82, 2.24) is 4.90 Å². The number of aliphatic hydroxyl groups is 2. The molecule has 2 saturated carbocycles. The average molecular weight is 987 g/mol. The van der Waals surface area contributed by atoms with E-state index in [2.05, 4.69) is 43.0 Å². The molecule has 0 saturated heterocycles. The van der Waals surface area contributed by atoms with Crippen LogP contribution in [-0.4, -0.2) is 65.2 Å². The molecule has 2 heterocycles. The Balaban J connectivity index is 1.13. The van der Waals surface area contributed by atoms with Crippen molar-refractivity contribution in [3.63, 3.8) is 0 Å².